The second kappa shape index (κ2) is 14.4. The van der Waals surface area contributed by atoms with Crippen molar-refractivity contribution >= 4 is 67.9 Å². The van der Waals surface area contributed by atoms with Crippen molar-refractivity contribution in [1.29, 1.82) is 0 Å². The number of nitrogens with one attached hydrogen (secondary N) is 1. The van der Waals surface area contributed by atoms with Crippen LogP contribution in [0.25, 0.3) is 23.2 Å². The van der Waals surface area contributed by atoms with Crippen LogP contribution in [0, 0.1) is 6.92 Å². The lowest BCUT2D eigenvalue weighted by Crippen LogP contribution is -2.34. The number of carbonyl (C=O) groups excluding carboxylic acids is 1. The Balaban J connectivity index is 1.23. The van der Waals surface area contributed by atoms with Gasteiger partial charge < -0.3 is 10.1 Å². The molecule has 1 unspecified atom stereocenters. The van der Waals surface area contributed by atoms with Crippen LogP contribution < -0.4 is 15.0 Å². The molecule has 1 atom stereocenters. The van der Waals surface area contributed by atoms with Crippen molar-refractivity contribution in [2.75, 3.05) is 10.7 Å². The highest BCUT2D eigenvalue weighted by Crippen LogP contribution is 2.34. The number of thiocarbonyl (C=S) groups is 1. The lowest BCUT2D eigenvalue weighted by Gasteiger charge is -2.22. The van der Waals surface area contributed by atoms with E-state index in [1.807, 2.05) is 56.3 Å². The Bertz CT molecular complexity index is 1840. The minimum absolute atomic E-state index is 0.0304. The van der Waals surface area contributed by atoms with Crippen molar-refractivity contribution in [3.8, 4) is 22.8 Å². The van der Waals surface area contributed by atoms with Gasteiger partial charge in [-0.05, 0) is 85.1 Å². The largest absolute Gasteiger partial charge is 0.573 e. The van der Waals surface area contributed by atoms with Crippen LogP contribution in [0.5, 0.6) is 5.75 Å². The Morgan fingerprint density at radius 2 is 1.81 bits per heavy atom. The summed E-state index contributed by atoms with van der Waals surface area (Å²) in [4.78, 5) is 23.5. The number of aryl methyl sites for hydroxylation is 1. The van der Waals surface area contributed by atoms with Crippen LogP contribution in [-0.4, -0.2) is 49.1 Å². The fraction of sp³-hybridized carbons (Fsp3) is 0.242. The van der Waals surface area contributed by atoms with Gasteiger partial charge in [-0.25, -0.2) is 9.67 Å². The van der Waals surface area contributed by atoms with Crippen LogP contribution in [0.1, 0.15) is 43.4 Å². The van der Waals surface area contributed by atoms with E-state index in [2.05, 4.69) is 61.0 Å². The van der Waals surface area contributed by atoms with Crippen molar-refractivity contribution < 1.29 is 22.7 Å². The van der Waals surface area contributed by atoms with Gasteiger partial charge in [0.05, 0.1) is 23.2 Å². The molecule has 0 spiro atoms. The van der Waals surface area contributed by atoms with E-state index in [-0.39, 0.29) is 28.7 Å². The summed E-state index contributed by atoms with van der Waals surface area (Å²) in [5, 5.41) is 8.49. The number of benzene rings is 3. The van der Waals surface area contributed by atoms with Gasteiger partial charge in [0.2, 0.25) is 5.91 Å². The van der Waals surface area contributed by atoms with Crippen LogP contribution >= 0.6 is 39.9 Å². The van der Waals surface area contributed by atoms with Crippen LogP contribution in [0.2, 0.25) is 0 Å². The number of carbonyl (C=O) groups is 1. The Kier molecular flexibility index (Phi) is 10.5. The van der Waals surface area contributed by atoms with E-state index in [9.17, 15) is 18.0 Å². The molecule has 0 aliphatic carbocycles. The third-order valence-electron chi connectivity index (χ3n) is 7.07. The maximum absolute atomic E-state index is 12.9. The standard InChI is InChI=1S/C33H30BrF3N6O2S2/c1-19(2)26-14-5-20(3)15-28(26)43-29(44)17-47-32(43)40-31(46)39-21(4)27(34)16-22-6-8-23(9-7-22)30-38-18-42(41-30)24-10-12-25(13-11-24)45-33(35,36)37/h5-16,18-19,21H,17H2,1-4H3,(H,39,46)/b27-16+,40-32?. The molecule has 1 fully saturated rings. The smallest absolute Gasteiger partial charge is 0.406 e. The summed E-state index contributed by atoms with van der Waals surface area (Å²) in [5.41, 5.74) is 5.18. The van der Waals surface area contributed by atoms with Crippen LogP contribution in [0.15, 0.2) is 82.5 Å². The highest BCUT2D eigenvalue weighted by molar-refractivity contribution is 9.11. The van der Waals surface area contributed by atoms with Gasteiger partial charge in [0.15, 0.2) is 16.1 Å². The maximum Gasteiger partial charge on any atom is 0.573 e. The molecule has 3 aromatic carbocycles. The summed E-state index contributed by atoms with van der Waals surface area (Å²) >= 11 is 10.6. The Labute approximate surface area is 288 Å². The zero-order valence-corrected chi connectivity index (χ0v) is 29.0. The van der Waals surface area contributed by atoms with E-state index in [4.69, 9.17) is 12.2 Å². The highest BCUT2D eigenvalue weighted by Gasteiger charge is 2.32. The summed E-state index contributed by atoms with van der Waals surface area (Å²) in [6.45, 7) is 8.14. The van der Waals surface area contributed by atoms with Crippen molar-refractivity contribution in [3.63, 3.8) is 0 Å². The van der Waals surface area contributed by atoms with Crippen molar-refractivity contribution in [2.24, 2.45) is 4.99 Å². The minimum Gasteiger partial charge on any atom is -0.406 e. The molecule has 1 aliphatic heterocycles. The Morgan fingerprint density at radius 3 is 2.47 bits per heavy atom. The lowest BCUT2D eigenvalue weighted by molar-refractivity contribution is -0.274. The molecular formula is C33H30BrF3N6O2S2. The van der Waals surface area contributed by atoms with Gasteiger partial charge >= 0.3 is 6.36 Å². The predicted octanol–water partition coefficient (Wildman–Crippen LogP) is 8.40. The summed E-state index contributed by atoms with van der Waals surface area (Å²) in [6.07, 6.45) is -1.31. The van der Waals surface area contributed by atoms with Crippen molar-refractivity contribution in [3.05, 3.63) is 94.2 Å². The summed E-state index contributed by atoms with van der Waals surface area (Å²) in [5.74, 6) is 0.641. The molecule has 14 heteroatoms. The van der Waals surface area contributed by atoms with Gasteiger partial charge in [0.1, 0.15) is 12.1 Å². The monoisotopic (exact) mass is 742 g/mol. The van der Waals surface area contributed by atoms with Crippen LogP contribution in [-0.2, 0) is 4.79 Å². The molecule has 244 valence electrons. The van der Waals surface area contributed by atoms with Gasteiger partial charge in [-0.3, -0.25) is 9.69 Å². The molecule has 1 aliphatic rings. The first kappa shape index (κ1) is 34.3. The van der Waals surface area contributed by atoms with Crippen LogP contribution in [0.3, 0.4) is 0 Å². The maximum atomic E-state index is 12.9. The fourth-order valence-electron chi connectivity index (χ4n) is 4.72. The Hall–Kier alpha value is -4.01. The summed E-state index contributed by atoms with van der Waals surface area (Å²) < 4.78 is 43.5. The zero-order chi connectivity index (χ0) is 33.9. The van der Waals surface area contributed by atoms with Crippen molar-refractivity contribution in [1.82, 2.24) is 20.1 Å². The zero-order valence-electron chi connectivity index (χ0n) is 25.7. The molecule has 1 aromatic heterocycles. The first-order valence-electron chi connectivity index (χ1n) is 14.5. The summed E-state index contributed by atoms with van der Waals surface area (Å²) in [6, 6.07) is 18.9. The second-order valence-electron chi connectivity index (χ2n) is 11.0. The molecule has 8 nitrogen and oxygen atoms in total. The van der Waals surface area contributed by atoms with E-state index in [0.717, 1.165) is 32.4 Å². The SMILES string of the molecule is Cc1ccc(C(C)C)c(N2C(=O)CSC2=NC(=S)NC(C)/C(Br)=C\c2ccc(-c3ncn(-c4ccc(OC(F)(F)F)cc4)n3)cc2)c1. The number of amidine groups is 1. The molecule has 47 heavy (non-hydrogen) atoms. The Morgan fingerprint density at radius 1 is 1.11 bits per heavy atom. The average Bonchev–Trinajstić information content (AvgIpc) is 3.64. The van der Waals surface area contributed by atoms with E-state index in [1.165, 1.54) is 47.0 Å². The average molecular weight is 744 g/mol. The number of thioether (sulfide) groups is 1. The number of anilines is 1. The quantitative estimate of drug-likeness (QED) is 0.182. The van der Waals surface area contributed by atoms with E-state index < -0.39 is 6.36 Å². The third-order valence-corrected chi connectivity index (χ3v) is 9.11. The molecule has 4 aromatic rings. The third kappa shape index (κ3) is 8.67. The number of amides is 1. The molecular weight excluding hydrogens is 713 g/mol. The van der Waals surface area contributed by atoms with E-state index in [0.29, 0.717) is 22.4 Å². The van der Waals surface area contributed by atoms with E-state index in [1.54, 1.807) is 4.90 Å². The number of nitrogens with zero attached hydrogens (tertiary/aromatic N) is 5. The first-order valence-corrected chi connectivity index (χ1v) is 16.7. The van der Waals surface area contributed by atoms with E-state index >= 15 is 0 Å². The highest BCUT2D eigenvalue weighted by atomic mass is 79.9. The van der Waals surface area contributed by atoms with Crippen molar-refractivity contribution in [2.45, 2.75) is 46.0 Å². The number of hydrogen-bond acceptors (Lipinski definition) is 6. The van der Waals surface area contributed by atoms with Gasteiger partial charge in [0, 0.05) is 10.0 Å². The topological polar surface area (TPSA) is 84.6 Å². The number of rotatable bonds is 8. The lowest BCUT2D eigenvalue weighted by atomic mass is 9.99. The fourth-order valence-corrected chi connectivity index (χ4v) is 6.29. The number of hydrogen-bond donors (Lipinski definition) is 1. The summed E-state index contributed by atoms with van der Waals surface area (Å²) in [7, 11) is 0. The predicted molar refractivity (Wildman–Crippen MR) is 188 cm³/mol. The van der Waals surface area contributed by atoms with Gasteiger partial charge in [-0.2, -0.15) is 4.99 Å². The number of halogens is 4. The number of aliphatic imine (C=N–C) groups is 1. The molecule has 1 saturated heterocycles. The number of ether oxygens (including phenoxy) is 1. The second-order valence-corrected chi connectivity index (χ2v) is 13.3. The molecule has 1 N–H and O–H groups in total. The minimum atomic E-state index is -4.76. The number of alkyl halides is 3. The molecule has 1 amide bonds. The molecule has 5 rings (SSSR count). The number of aromatic nitrogens is 3. The molecule has 0 radical (unpaired) electrons. The van der Waals surface area contributed by atoms with Crippen LogP contribution in [0.4, 0.5) is 18.9 Å². The molecule has 2 heterocycles. The van der Waals surface area contributed by atoms with Gasteiger partial charge in [-0.15, -0.1) is 18.3 Å². The normalized spacial score (nSPS) is 15.4. The van der Waals surface area contributed by atoms with Gasteiger partial charge in [-0.1, -0.05) is 77.9 Å². The molecule has 0 saturated carbocycles. The molecule has 0 bridgehead atoms. The first-order chi connectivity index (χ1) is 22.3. The van der Waals surface area contributed by atoms with Gasteiger partial charge in [0.25, 0.3) is 0 Å².